The molecule has 0 bridgehead atoms. The van der Waals surface area contributed by atoms with Gasteiger partial charge in [-0.15, -0.1) is 0 Å². The van der Waals surface area contributed by atoms with Crippen molar-refractivity contribution in [2.45, 2.75) is 0 Å². The SMILES string of the molecule is c1cnc2c(c1)ccc1c3cc(N(c4ccc5oc6ccccc6c5c4)c4ccc5oc6ccccc6c5c4)ccc3oc12. The maximum atomic E-state index is 6.40. The van der Waals surface area contributed by atoms with Gasteiger partial charge in [-0.3, -0.25) is 4.98 Å². The molecule has 0 aliphatic heterocycles. The van der Waals surface area contributed by atoms with Gasteiger partial charge in [-0.05, 0) is 78.9 Å². The number of anilines is 3. The zero-order chi connectivity index (χ0) is 28.8. The lowest BCUT2D eigenvalue weighted by molar-refractivity contribution is 0.668. The molecule has 0 aliphatic carbocycles. The fourth-order valence-corrected chi connectivity index (χ4v) is 6.65. The summed E-state index contributed by atoms with van der Waals surface area (Å²) in [6.07, 6.45) is 1.81. The van der Waals surface area contributed by atoms with Gasteiger partial charge in [-0.25, -0.2) is 0 Å². The molecule has 0 amide bonds. The highest BCUT2D eigenvalue weighted by Gasteiger charge is 2.19. The first-order valence-corrected chi connectivity index (χ1v) is 14.6. The van der Waals surface area contributed by atoms with Crippen LogP contribution in [0.2, 0.25) is 0 Å². The minimum Gasteiger partial charge on any atom is -0.456 e. The van der Waals surface area contributed by atoms with E-state index in [4.69, 9.17) is 13.3 Å². The first kappa shape index (κ1) is 23.5. The van der Waals surface area contributed by atoms with Crippen LogP contribution in [0.25, 0.3) is 76.7 Å². The molecule has 206 valence electrons. The van der Waals surface area contributed by atoms with Crippen LogP contribution in [0.1, 0.15) is 0 Å². The van der Waals surface area contributed by atoms with Crippen LogP contribution < -0.4 is 4.90 Å². The van der Waals surface area contributed by atoms with Crippen LogP contribution in [0.4, 0.5) is 17.1 Å². The molecule has 0 fully saturated rings. The highest BCUT2D eigenvalue weighted by atomic mass is 16.3. The fraction of sp³-hybridized carbons (Fsp3) is 0. The van der Waals surface area contributed by atoms with Gasteiger partial charge in [0.2, 0.25) is 0 Å². The molecule has 10 aromatic rings. The van der Waals surface area contributed by atoms with Gasteiger partial charge in [0.05, 0.1) is 0 Å². The number of furan rings is 3. The molecule has 4 aromatic heterocycles. The number of aromatic nitrogens is 1. The highest BCUT2D eigenvalue weighted by molar-refractivity contribution is 6.15. The summed E-state index contributed by atoms with van der Waals surface area (Å²) in [6.45, 7) is 0. The number of para-hydroxylation sites is 2. The number of fused-ring (bicyclic) bond motifs is 11. The monoisotopic (exact) mass is 566 g/mol. The minimum absolute atomic E-state index is 0.805. The van der Waals surface area contributed by atoms with Gasteiger partial charge < -0.3 is 18.2 Å². The minimum atomic E-state index is 0.805. The summed E-state index contributed by atoms with van der Waals surface area (Å²) >= 11 is 0. The molecule has 5 heteroatoms. The molecule has 6 aromatic carbocycles. The average molecular weight is 567 g/mol. The Balaban J connectivity index is 1.24. The van der Waals surface area contributed by atoms with E-state index in [1.54, 1.807) is 0 Å². The molecule has 10 rings (SSSR count). The van der Waals surface area contributed by atoms with Gasteiger partial charge in [0, 0.05) is 61.0 Å². The normalized spacial score (nSPS) is 12.1. The summed E-state index contributed by atoms with van der Waals surface area (Å²) in [4.78, 5) is 6.92. The standard InChI is InChI=1S/C39H22N2O3/c1-3-9-33-27(7-1)30-20-24(12-16-35(30)42-33)41(25-13-17-36-31(21-25)28-8-2-4-10-34(28)43-36)26-14-18-37-32(22-26)29-15-11-23-6-5-19-40-38(23)39(29)44-37/h1-22H. The van der Waals surface area contributed by atoms with Crippen molar-refractivity contribution >= 4 is 93.8 Å². The van der Waals surface area contributed by atoms with Crippen molar-refractivity contribution < 1.29 is 13.3 Å². The topological polar surface area (TPSA) is 55.6 Å². The average Bonchev–Trinajstić information content (AvgIpc) is 3.76. The van der Waals surface area contributed by atoms with Gasteiger partial charge in [0.15, 0.2) is 5.58 Å². The third-order valence-electron chi connectivity index (χ3n) is 8.69. The van der Waals surface area contributed by atoms with Gasteiger partial charge in [0.1, 0.15) is 33.4 Å². The first-order valence-electron chi connectivity index (χ1n) is 14.6. The summed E-state index contributed by atoms with van der Waals surface area (Å²) < 4.78 is 18.7. The molecule has 5 nitrogen and oxygen atoms in total. The van der Waals surface area contributed by atoms with Gasteiger partial charge in [0.25, 0.3) is 0 Å². The van der Waals surface area contributed by atoms with Crippen molar-refractivity contribution in [1.82, 2.24) is 4.98 Å². The highest BCUT2D eigenvalue weighted by Crippen LogP contribution is 2.43. The Kier molecular flexibility index (Phi) is 4.66. The second-order valence-electron chi connectivity index (χ2n) is 11.2. The number of nitrogens with zero attached hydrogens (tertiary/aromatic N) is 2. The van der Waals surface area contributed by atoms with Crippen LogP contribution in [-0.4, -0.2) is 4.98 Å². The molecule has 0 atom stereocenters. The summed E-state index contributed by atoms with van der Waals surface area (Å²) in [5.41, 5.74) is 9.05. The van der Waals surface area contributed by atoms with Gasteiger partial charge in [-0.1, -0.05) is 48.5 Å². The molecule has 0 N–H and O–H groups in total. The van der Waals surface area contributed by atoms with Crippen molar-refractivity contribution in [3.05, 3.63) is 134 Å². The quantitative estimate of drug-likeness (QED) is 0.213. The lowest BCUT2D eigenvalue weighted by Crippen LogP contribution is -2.09. The van der Waals surface area contributed by atoms with Crippen LogP contribution in [-0.2, 0) is 0 Å². The van der Waals surface area contributed by atoms with Crippen LogP contribution in [0.5, 0.6) is 0 Å². The Morgan fingerprint density at radius 3 is 1.55 bits per heavy atom. The van der Waals surface area contributed by atoms with E-state index >= 15 is 0 Å². The smallest absolute Gasteiger partial charge is 0.161 e. The number of hydrogen-bond donors (Lipinski definition) is 0. The van der Waals surface area contributed by atoms with Crippen molar-refractivity contribution in [3.63, 3.8) is 0 Å². The second-order valence-corrected chi connectivity index (χ2v) is 11.2. The van der Waals surface area contributed by atoms with Gasteiger partial charge in [-0.2, -0.15) is 0 Å². The van der Waals surface area contributed by atoms with Crippen LogP contribution in [0.15, 0.2) is 147 Å². The number of rotatable bonds is 3. The van der Waals surface area contributed by atoms with Crippen molar-refractivity contribution in [2.24, 2.45) is 0 Å². The van der Waals surface area contributed by atoms with Crippen molar-refractivity contribution in [1.29, 1.82) is 0 Å². The third kappa shape index (κ3) is 3.32. The lowest BCUT2D eigenvalue weighted by atomic mass is 10.1. The number of pyridine rings is 1. The van der Waals surface area contributed by atoms with E-state index in [9.17, 15) is 0 Å². The number of benzene rings is 6. The predicted molar refractivity (Wildman–Crippen MR) is 178 cm³/mol. The molecular weight excluding hydrogens is 544 g/mol. The van der Waals surface area contributed by atoms with E-state index in [0.29, 0.717) is 0 Å². The lowest BCUT2D eigenvalue weighted by Gasteiger charge is -2.25. The fourth-order valence-electron chi connectivity index (χ4n) is 6.65. The molecule has 44 heavy (non-hydrogen) atoms. The predicted octanol–water partition coefficient (Wildman–Crippen LogP) is 11.4. The molecule has 0 saturated heterocycles. The van der Waals surface area contributed by atoms with Crippen molar-refractivity contribution in [2.75, 3.05) is 4.90 Å². The van der Waals surface area contributed by atoms with Crippen LogP contribution in [0.3, 0.4) is 0 Å². The summed E-state index contributed by atoms with van der Waals surface area (Å²) in [5.74, 6) is 0. The zero-order valence-electron chi connectivity index (χ0n) is 23.3. The van der Waals surface area contributed by atoms with Crippen LogP contribution >= 0.6 is 0 Å². The molecule has 0 spiro atoms. The van der Waals surface area contributed by atoms with E-state index < -0.39 is 0 Å². The molecule has 0 saturated carbocycles. The Bertz CT molecular complexity index is 2630. The zero-order valence-corrected chi connectivity index (χ0v) is 23.3. The van der Waals surface area contributed by atoms with E-state index in [1.807, 2.05) is 36.5 Å². The molecule has 4 heterocycles. The van der Waals surface area contributed by atoms with Crippen LogP contribution in [0, 0.1) is 0 Å². The third-order valence-corrected chi connectivity index (χ3v) is 8.69. The summed E-state index contributed by atoms with van der Waals surface area (Å²) in [6, 6.07) is 43.8. The number of hydrogen-bond acceptors (Lipinski definition) is 5. The Labute approximate surface area is 250 Å². The van der Waals surface area contributed by atoms with E-state index in [-0.39, 0.29) is 0 Å². The maximum absolute atomic E-state index is 6.40. The summed E-state index contributed by atoms with van der Waals surface area (Å²) in [5, 5.41) is 7.48. The van der Waals surface area contributed by atoms with E-state index in [0.717, 1.165) is 93.8 Å². The molecule has 0 unspecified atom stereocenters. The van der Waals surface area contributed by atoms with E-state index in [1.165, 1.54) is 0 Å². The maximum Gasteiger partial charge on any atom is 0.161 e. The molecular formula is C39H22N2O3. The first-order chi connectivity index (χ1) is 21.8. The largest absolute Gasteiger partial charge is 0.456 e. The molecule has 0 radical (unpaired) electrons. The Morgan fingerprint density at radius 2 is 0.932 bits per heavy atom. The van der Waals surface area contributed by atoms with Crippen molar-refractivity contribution in [3.8, 4) is 0 Å². The van der Waals surface area contributed by atoms with E-state index in [2.05, 4.69) is 107 Å². The summed E-state index contributed by atoms with van der Waals surface area (Å²) in [7, 11) is 0. The second kappa shape index (κ2) is 8.72. The molecule has 0 aliphatic rings. The Morgan fingerprint density at radius 1 is 0.409 bits per heavy atom. The van der Waals surface area contributed by atoms with Gasteiger partial charge >= 0.3 is 0 Å². The Hall–Kier alpha value is -6.07.